The van der Waals surface area contributed by atoms with Gasteiger partial charge in [-0.2, -0.15) is 0 Å². The van der Waals surface area contributed by atoms with Gasteiger partial charge in [0.2, 0.25) is 5.79 Å². The highest BCUT2D eigenvalue weighted by molar-refractivity contribution is 5.40. The lowest BCUT2D eigenvalue weighted by Gasteiger charge is -2.47. The van der Waals surface area contributed by atoms with Crippen LogP contribution in [0.25, 0.3) is 0 Å². The summed E-state index contributed by atoms with van der Waals surface area (Å²) in [7, 11) is 0. The summed E-state index contributed by atoms with van der Waals surface area (Å²) < 4.78 is 11.2. The number of aliphatic hydroxyl groups is 6. The van der Waals surface area contributed by atoms with Gasteiger partial charge in [0, 0.05) is 5.56 Å². The third-order valence-electron chi connectivity index (χ3n) is 5.74. The van der Waals surface area contributed by atoms with E-state index in [0.29, 0.717) is 24.2 Å². The first-order chi connectivity index (χ1) is 15.2. The van der Waals surface area contributed by atoms with E-state index >= 15 is 0 Å². The number of hydrogen-bond acceptors (Lipinski definition) is 8. The summed E-state index contributed by atoms with van der Waals surface area (Å²) >= 11 is 0. The monoisotopic (exact) mass is 448 g/mol. The molecule has 1 saturated heterocycles. The average molecular weight is 449 g/mol. The molecule has 3 rings (SSSR count). The standard InChI is InChI=1S/C24H32O8/c1-3-10-31-18-8-5-15(6-9-18)11-17-7-4-16(13-25)12-19(17)24(30)23(29)21(28)20(27)22(32-24)14(2)26/h4-9,12,14,20-23,25-30H,3,10-11,13H2,1-2H3/t14-,20-,21-,22+,23+,24+/m0/s1. The van der Waals surface area contributed by atoms with E-state index < -0.39 is 36.3 Å². The number of benzene rings is 2. The van der Waals surface area contributed by atoms with Crippen molar-refractivity contribution in [2.75, 3.05) is 6.61 Å². The largest absolute Gasteiger partial charge is 0.494 e. The molecule has 2 aromatic rings. The van der Waals surface area contributed by atoms with E-state index in [1.54, 1.807) is 12.1 Å². The lowest BCUT2D eigenvalue weighted by Crippen LogP contribution is -2.65. The minimum Gasteiger partial charge on any atom is -0.494 e. The molecule has 0 unspecified atom stereocenters. The molecule has 0 aromatic heterocycles. The van der Waals surface area contributed by atoms with Crippen molar-refractivity contribution < 1.29 is 40.1 Å². The molecule has 0 radical (unpaired) electrons. The van der Waals surface area contributed by atoms with Crippen LogP contribution in [0.15, 0.2) is 42.5 Å². The summed E-state index contributed by atoms with van der Waals surface area (Å²) in [4.78, 5) is 0. The molecule has 2 aromatic carbocycles. The molecule has 0 bridgehead atoms. The van der Waals surface area contributed by atoms with Crippen LogP contribution in [0, 0.1) is 0 Å². The van der Waals surface area contributed by atoms with Crippen molar-refractivity contribution in [3.05, 3.63) is 64.7 Å². The Hall–Kier alpha value is -2.04. The summed E-state index contributed by atoms with van der Waals surface area (Å²) in [6.07, 6.45) is -6.54. The maximum atomic E-state index is 11.4. The summed E-state index contributed by atoms with van der Waals surface area (Å²) in [6.45, 7) is 3.68. The summed E-state index contributed by atoms with van der Waals surface area (Å²) in [6, 6.07) is 12.3. The predicted octanol–water partition coefficient (Wildman–Crippen LogP) is 0.566. The highest BCUT2D eigenvalue weighted by atomic mass is 16.7. The van der Waals surface area contributed by atoms with Crippen LogP contribution in [0.5, 0.6) is 5.75 Å². The summed E-state index contributed by atoms with van der Waals surface area (Å²) in [5.41, 5.74) is 2.08. The molecule has 0 aliphatic carbocycles. The zero-order chi connectivity index (χ0) is 23.5. The Kier molecular flexibility index (Phi) is 7.89. The Morgan fingerprint density at radius 2 is 1.69 bits per heavy atom. The number of hydrogen-bond donors (Lipinski definition) is 6. The topological polar surface area (TPSA) is 140 Å². The Labute approximate surface area is 187 Å². The van der Waals surface area contributed by atoms with Crippen LogP contribution in [0.1, 0.15) is 42.5 Å². The second kappa shape index (κ2) is 10.3. The van der Waals surface area contributed by atoms with Crippen molar-refractivity contribution in [3.63, 3.8) is 0 Å². The van der Waals surface area contributed by atoms with Crippen LogP contribution >= 0.6 is 0 Å². The normalized spacial score (nSPS) is 29.0. The van der Waals surface area contributed by atoms with Crippen molar-refractivity contribution in [1.82, 2.24) is 0 Å². The van der Waals surface area contributed by atoms with Gasteiger partial charge in [-0.1, -0.05) is 31.2 Å². The van der Waals surface area contributed by atoms with Crippen LogP contribution in [-0.4, -0.2) is 67.8 Å². The lowest BCUT2D eigenvalue weighted by molar-refractivity contribution is -0.364. The average Bonchev–Trinajstić information content (AvgIpc) is 2.79. The fourth-order valence-electron chi connectivity index (χ4n) is 3.92. The van der Waals surface area contributed by atoms with Crippen LogP contribution in [0.4, 0.5) is 0 Å². The van der Waals surface area contributed by atoms with E-state index in [4.69, 9.17) is 9.47 Å². The third kappa shape index (κ3) is 4.97. The van der Waals surface area contributed by atoms with Gasteiger partial charge in [-0.25, -0.2) is 0 Å². The zero-order valence-electron chi connectivity index (χ0n) is 18.3. The van der Waals surface area contributed by atoms with Gasteiger partial charge in [0.05, 0.1) is 19.3 Å². The quantitative estimate of drug-likeness (QED) is 0.344. The molecule has 6 atom stereocenters. The fraction of sp³-hybridized carbons (Fsp3) is 0.500. The van der Waals surface area contributed by atoms with E-state index in [0.717, 1.165) is 17.7 Å². The Balaban J connectivity index is 1.98. The molecule has 1 aliphatic heterocycles. The molecular weight excluding hydrogens is 416 g/mol. The van der Waals surface area contributed by atoms with Crippen molar-refractivity contribution in [2.45, 2.75) is 69.6 Å². The highest BCUT2D eigenvalue weighted by Gasteiger charge is 2.55. The highest BCUT2D eigenvalue weighted by Crippen LogP contribution is 2.39. The van der Waals surface area contributed by atoms with Crippen molar-refractivity contribution in [3.8, 4) is 5.75 Å². The molecule has 0 amide bonds. The fourth-order valence-corrected chi connectivity index (χ4v) is 3.92. The van der Waals surface area contributed by atoms with Crippen LogP contribution < -0.4 is 4.74 Å². The third-order valence-corrected chi connectivity index (χ3v) is 5.74. The molecule has 8 heteroatoms. The summed E-state index contributed by atoms with van der Waals surface area (Å²) in [5.74, 6) is -1.67. The second-order valence-electron chi connectivity index (χ2n) is 8.26. The Morgan fingerprint density at radius 3 is 2.28 bits per heavy atom. The summed E-state index contributed by atoms with van der Waals surface area (Å²) in [5, 5.41) is 62.2. The molecule has 1 fully saturated rings. The van der Waals surface area contributed by atoms with Gasteiger partial charge in [-0.15, -0.1) is 0 Å². The molecule has 6 N–H and O–H groups in total. The number of rotatable bonds is 8. The van der Waals surface area contributed by atoms with Crippen LogP contribution in [0.3, 0.4) is 0 Å². The van der Waals surface area contributed by atoms with Crippen LogP contribution in [-0.2, 0) is 23.6 Å². The molecule has 0 saturated carbocycles. The number of aliphatic hydroxyl groups excluding tert-OH is 5. The van der Waals surface area contributed by atoms with Crippen LogP contribution in [0.2, 0.25) is 0 Å². The molecule has 8 nitrogen and oxygen atoms in total. The van der Waals surface area contributed by atoms with Gasteiger partial charge in [0.1, 0.15) is 30.2 Å². The maximum Gasteiger partial charge on any atom is 0.222 e. The van der Waals surface area contributed by atoms with E-state index in [1.165, 1.54) is 13.0 Å². The van der Waals surface area contributed by atoms with Crippen molar-refractivity contribution in [2.24, 2.45) is 0 Å². The predicted molar refractivity (Wildman–Crippen MR) is 116 cm³/mol. The SMILES string of the molecule is CCCOc1ccc(Cc2ccc(CO)cc2[C@@]2(O)O[C@H]([C@H](C)O)[C@@H](O)[C@H](O)[C@H]2O)cc1. The van der Waals surface area contributed by atoms with Gasteiger partial charge < -0.3 is 40.1 Å². The minimum atomic E-state index is -2.41. The molecule has 0 spiro atoms. The van der Waals surface area contributed by atoms with Crippen molar-refractivity contribution >= 4 is 0 Å². The molecule has 32 heavy (non-hydrogen) atoms. The van der Waals surface area contributed by atoms with E-state index in [9.17, 15) is 30.6 Å². The zero-order valence-corrected chi connectivity index (χ0v) is 18.3. The first kappa shape index (κ1) is 24.6. The minimum absolute atomic E-state index is 0.138. The van der Waals surface area contributed by atoms with Crippen molar-refractivity contribution in [1.29, 1.82) is 0 Å². The second-order valence-corrected chi connectivity index (χ2v) is 8.26. The maximum absolute atomic E-state index is 11.4. The van der Waals surface area contributed by atoms with Gasteiger partial charge in [0.25, 0.3) is 0 Å². The first-order valence-electron chi connectivity index (χ1n) is 10.8. The molecule has 176 valence electrons. The van der Waals surface area contributed by atoms with Gasteiger partial charge in [-0.3, -0.25) is 0 Å². The molecule has 1 heterocycles. The van der Waals surface area contributed by atoms with E-state index in [1.807, 2.05) is 31.2 Å². The first-order valence-corrected chi connectivity index (χ1v) is 10.8. The Morgan fingerprint density at radius 1 is 1.03 bits per heavy atom. The smallest absolute Gasteiger partial charge is 0.222 e. The Bertz CT molecular complexity index is 884. The van der Waals surface area contributed by atoms with Gasteiger partial charge >= 0.3 is 0 Å². The molecule has 1 aliphatic rings. The van der Waals surface area contributed by atoms with Gasteiger partial charge in [-0.05, 0) is 54.7 Å². The van der Waals surface area contributed by atoms with E-state index in [2.05, 4.69) is 0 Å². The molecular formula is C24H32O8. The van der Waals surface area contributed by atoms with E-state index in [-0.39, 0.29) is 12.2 Å². The lowest BCUT2D eigenvalue weighted by atomic mass is 9.83. The number of ether oxygens (including phenoxy) is 2. The van der Waals surface area contributed by atoms with Gasteiger partial charge in [0.15, 0.2) is 0 Å².